The van der Waals surface area contributed by atoms with Crippen molar-refractivity contribution in [2.45, 2.75) is 33.3 Å². The van der Waals surface area contributed by atoms with Gasteiger partial charge in [-0.1, -0.05) is 18.2 Å². The van der Waals surface area contributed by atoms with Crippen LogP contribution in [0, 0.1) is 19.7 Å². The first-order valence-corrected chi connectivity index (χ1v) is 9.66. The first-order chi connectivity index (χ1) is 14.0. The van der Waals surface area contributed by atoms with Crippen LogP contribution in [0.2, 0.25) is 0 Å². The summed E-state index contributed by atoms with van der Waals surface area (Å²) in [6.07, 6.45) is 0.751. The molecule has 0 radical (unpaired) electrons. The lowest BCUT2D eigenvalue weighted by molar-refractivity contribution is -0.120. The molecule has 1 aromatic heterocycles. The molecule has 150 valence electrons. The van der Waals surface area contributed by atoms with Crippen LogP contribution in [0.15, 0.2) is 36.4 Å². The fourth-order valence-electron chi connectivity index (χ4n) is 3.83. The monoisotopic (exact) mass is 394 g/mol. The van der Waals surface area contributed by atoms with Crippen molar-refractivity contribution in [3.8, 4) is 5.75 Å². The molecular weight excluding hydrogens is 371 g/mol. The van der Waals surface area contributed by atoms with Gasteiger partial charge in [-0.15, -0.1) is 0 Å². The third-order valence-corrected chi connectivity index (χ3v) is 5.29. The van der Waals surface area contributed by atoms with Crippen molar-refractivity contribution < 1.29 is 18.7 Å². The average molecular weight is 394 g/mol. The Hall–Kier alpha value is -2.99. The first kappa shape index (κ1) is 19.3. The van der Waals surface area contributed by atoms with Gasteiger partial charge in [0.1, 0.15) is 11.6 Å². The van der Waals surface area contributed by atoms with Gasteiger partial charge in [0.05, 0.1) is 18.5 Å². The summed E-state index contributed by atoms with van der Waals surface area (Å²) in [4.78, 5) is 17.2. The van der Waals surface area contributed by atoms with Crippen LogP contribution < -0.4 is 10.1 Å². The van der Waals surface area contributed by atoms with E-state index in [9.17, 15) is 9.18 Å². The summed E-state index contributed by atoms with van der Waals surface area (Å²) in [5, 5.41) is 3.99. The first-order valence-electron chi connectivity index (χ1n) is 9.66. The highest BCUT2D eigenvalue weighted by molar-refractivity contribution is 5.86. The molecule has 1 amide bonds. The van der Waals surface area contributed by atoms with E-state index in [-0.39, 0.29) is 24.9 Å². The zero-order valence-corrected chi connectivity index (χ0v) is 16.5. The highest BCUT2D eigenvalue weighted by Crippen LogP contribution is 2.29. The van der Waals surface area contributed by atoms with Crippen molar-refractivity contribution in [1.82, 2.24) is 10.3 Å². The number of rotatable bonds is 5. The number of hydrogen-bond donors (Lipinski definition) is 1. The molecule has 0 aliphatic carbocycles. The summed E-state index contributed by atoms with van der Waals surface area (Å²) in [7, 11) is 0. The summed E-state index contributed by atoms with van der Waals surface area (Å²) in [6, 6.07) is 10.8. The van der Waals surface area contributed by atoms with Gasteiger partial charge >= 0.3 is 0 Å². The molecule has 2 aromatic carbocycles. The second kappa shape index (κ2) is 8.17. The minimum Gasteiger partial charge on any atom is -0.467 e. The van der Waals surface area contributed by atoms with Crippen LogP contribution in [0.4, 0.5) is 4.39 Å². The summed E-state index contributed by atoms with van der Waals surface area (Å²) >= 11 is 0. The number of amides is 1. The highest BCUT2D eigenvalue weighted by atomic mass is 19.1. The molecule has 1 aliphatic rings. The van der Waals surface area contributed by atoms with E-state index in [1.54, 1.807) is 0 Å². The fourth-order valence-corrected chi connectivity index (χ4v) is 3.83. The van der Waals surface area contributed by atoms with E-state index < -0.39 is 0 Å². The lowest BCUT2D eigenvalue weighted by Gasteiger charge is -2.21. The van der Waals surface area contributed by atoms with Crippen LogP contribution >= 0.6 is 0 Å². The van der Waals surface area contributed by atoms with Gasteiger partial charge in [-0.3, -0.25) is 9.78 Å². The number of para-hydroxylation sites is 1. The predicted molar refractivity (Wildman–Crippen MR) is 108 cm³/mol. The van der Waals surface area contributed by atoms with Crippen LogP contribution in [0.25, 0.3) is 10.9 Å². The molecule has 6 heteroatoms. The van der Waals surface area contributed by atoms with Crippen LogP contribution in [-0.4, -0.2) is 24.2 Å². The number of ether oxygens (including phenoxy) is 2. The number of carbonyl (C=O) groups excluding carboxylic acids is 1. The minimum atomic E-state index is -0.326. The molecule has 0 atom stereocenters. The number of fused-ring (bicyclic) bond motifs is 2. The van der Waals surface area contributed by atoms with Gasteiger partial charge < -0.3 is 14.8 Å². The Bertz CT molecular complexity index is 1080. The van der Waals surface area contributed by atoms with Gasteiger partial charge in [-0.25, -0.2) is 4.39 Å². The largest absolute Gasteiger partial charge is 0.467 e. The van der Waals surface area contributed by atoms with Gasteiger partial charge in [0, 0.05) is 23.2 Å². The van der Waals surface area contributed by atoms with Crippen LogP contribution in [0.5, 0.6) is 5.75 Å². The van der Waals surface area contributed by atoms with Gasteiger partial charge in [-0.05, 0) is 55.2 Å². The zero-order chi connectivity index (χ0) is 20.4. The zero-order valence-electron chi connectivity index (χ0n) is 16.5. The Kier molecular flexibility index (Phi) is 5.45. The Morgan fingerprint density at radius 1 is 1.24 bits per heavy atom. The Labute approximate surface area is 168 Å². The molecule has 0 spiro atoms. The van der Waals surface area contributed by atoms with E-state index in [1.807, 2.05) is 38.1 Å². The third kappa shape index (κ3) is 4.07. The average Bonchev–Trinajstić information content (AvgIpc) is 2.71. The summed E-state index contributed by atoms with van der Waals surface area (Å²) in [6.45, 7) is 4.85. The Morgan fingerprint density at radius 3 is 2.93 bits per heavy atom. The van der Waals surface area contributed by atoms with Gasteiger partial charge in [0.2, 0.25) is 5.91 Å². The maximum absolute atomic E-state index is 13.8. The topological polar surface area (TPSA) is 60.5 Å². The SMILES string of the molecule is Cc1nc2ccccc2c(C)c1CC(=O)NCCc1cc(F)cc2c1OCOC2. The number of hydrogen-bond acceptors (Lipinski definition) is 4. The van der Waals surface area contributed by atoms with Crippen molar-refractivity contribution in [2.75, 3.05) is 13.3 Å². The van der Waals surface area contributed by atoms with Crippen LogP contribution in [-0.2, 0) is 29.0 Å². The van der Waals surface area contributed by atoms with Crippen molar-refractivity contribution in [2.24, 2.45) is 0 Å². The van der Waals surface area contributed by atoms with Crippen molar-refractivity contribution >= 4 is 16.8 Å². The Morgan fingerprint density at radius 2 is 2.07 bits per heavy atom. The summed E-state index contributed by atoms with van der Waals surface area (Å²) < 4.78 is 24.6. The lowest BCUT2D eigenvalue weighted by Crippen LogP contribution is -2.28. The van der Waals surface area contributed by atoms with E-state index in [1.165, 1.54) is 12.1 Å². The second-order valence-corrected chi connectivity index (χ2v) is 7.26. The van der Waals surface area contributed by atoms with Gasteiger partial charge in [0.15, 0.2) is 6.79 Å². The van der Waals surface area contributed by atoms with E-state index in [4.69, 9.17) is 9.47 Å². The normalized spacial score (nSPS) is 13.1. The number of carbonyl (C=O) groups is 1. The lowest BCUT2D eigenvalue weighted by atomic mass is 9.99. The Balaban J connectivity index is 1.43. The molecule has 29 heavy (non-hydrogen) atoms. The van der Waals surface area contributed by atoms with Gasteiger partial charge in [0.25, 0.3) is 0 Å². The van der Waals surface area contributed by atoms with Gasteiger partial charge in [-0.2, -0.15) is 0 Å². The number of aromatic nitrogens is 1. The molecule has 3 aromatic rings. The molecular formula is C23H23FN2O3. The highest BCUT2D eigenvalue weighted by Gasteiger charge is 2.17. The molecule has 5 nitrogen and oxygen atoms in total. The summed E-state index contributed by atoms with van der Waals surface area (Å²) in [5.41, 5.74) is 5.27. The molecule has 0 unspecified atom stereocenters. The molecule has 0 bridgehead atoms. The molecule has 0 fully saturated rings. The van der Waals surface area contributed by atoms with E-state index >= 15 is 0 Å². The van der Waals surface area contributed by atoms with Crippen LogP contribution in [0.1, 0.15) is 27.9 Å². The number of aryl methyl sites for hydroxylation is 2. The third-order valence-electron chi connectivity index (χ3n) is 5.29. The maximum Gasteiger partial charge on any atom is 0.224 e. The standard InChI is InChI=1S/C23H23FN2O3/c1-14-19-5-3-4-6-21(19)26-15(2)20(14)11-22(27)25-8-7-16-9-18(24)10-17-12-28-13-29-23(16)17/h3-6,9-10H,7-8,11-13H2,1-2H3,(H,25,27). The number of benzene rings is 2. The van der Waals surface area contributed by atoms with Crippen molar-refractivity contribution in [1.29, 1.82) is 0 Å². The van der Waals surface area contributed by atoms with Crippen molar-refractivity contribution in [3.63, 3.8) is 0 Å². The quantitative estimate of drug-likeness (QED) is 0.716. The van der Waals surface area contributed by atoms with E-state index in [0.29, 0.717) is 30.9 Å². The molecule has 1 N–H and O–H groups in total. The molecule has 0 saturated carbocycles. The van der Waals surface area contributed by atoms with Crippen molar-refractivity contribution in [3.05, 3.63) is 70.2 Å². The van der Waals surface area contributed by atoms with E-state index in [2.05, 4.69) is 10.3 Å². The van der Waals surface area contributed by atoms with E-state index in [0.717, 1.165) is 33.3 Å². The smallest absolute Gasteiger partial charge is 0.224 e. The van der Waals surface area contributed by atoms with Crippen LogP contribution in [0.3, 0.4) is 0 Å². The molecule has 0 saturated heterocycles. The number of nitrogens with zero attached hydrogens (tertiary/aromatic N) is 1. The fraction of sp³-hybridized carbons (Fsp3) is 0.304. The molecule has 2 heterocycles. The summed E-state index contributed by atoms with van der Waals surface area (Å²) in [5.74, 6) is 0.257. The molecule has 1 aliphatic heterocycles. The minimum absolute atomic E-state index is 0.0807. The number of halogens is 1. The number of nitrogens with one attached hydrogen (secondary N) is 1. The maximum atomic E-state index is 13.8. The second-order valence-electron chi connectivity index (χ2n) is 7.26. The predicted octanol–water partition coefficient (Wildman–Crippen LogP) is 3.76. The number of pyridine rings is 1. The molecule has 4 rings (SSSR count).